The molecule has 0 amide bonds. The molecule has 0 aromatic carbocycles. The lowest BCUT2D eigenvalue weighted by Gasteiger charge is -2.01. The van der Waals surface area contributed by atoms with E-state index in [9.17, 15) is 9.59 Å². The summed E-state index contributed by atoms with van der Waals surface area (Å²) >= 11 is 1.37. The maximum Gasteiger partial charge on any atom is 0.355 e. The third kappa shape index (κ3) is 3.02. The molecule has 1 aromatic heterocycles. The van der Waals surface area contributed by atoms with Crippen LogP contribution in [0.25, 0.3) is 0 Å². The molecule has 0 aliphatic heterocycles. The number of hydrogen-bond acceptors (Lipinski definition) is 5. The number of hydrogen-bond donors (Lipinski definition) is 1. The molecule has 0 saturated heterocycles. The molecule has 0 radical (unpaired) electrons. The van der Waals surface area contributed by atoms with Crippen LogP contribution < -0.4 is 0 Å². The van der Waals surface area contributed by atoms with Gasteiger partial charge >= 0.3 is 5.97 Å². The van der Waals surface area contributed by atoms with E-state index in [1.165, 1.54) is 18.0 Å². The van der Waals surface area contributed by atoms with E-state index >= 15 is 0 Å². The molecule has 6 heteroatoms. The molecule has 1 rings (SSSR count). The zero-order chi connectivity index (χ0) is 11.3. The van der Waals surface area contributed by atoms with Crippen LogP contribution in [0.5, 0.6) is 0 Å². The van der Waals surface area contributed by atoms with Crippen molar-refractivity contribution in [3.8, 4) is 0 Å². The lowest BCUT2D eigenvalue weighted by molar-refractivity contribution is 0.0686. The van der Waals surface area contributed by atoms with Gasteiger partial charge in [-0.15, -0.1) is 0 Å². The Labute approximate surface area is 90.9 Å². The van der Waals surface area contributed by atoms with E-state index < -0.39 is 5.97 Å². The number of aldehydes is 1. The highest BCUT2D eigenvalue weighted by Crippen LogP contribution is 2.15. The van der Waals surface area contributed by atoms with Gasteiger partial charge in [-0.1, -0.05) is 18.7 Å². The number of thioether (sulfide) groups is 1. The van der Waals surface area contributed by atoms with Crippen LogP contribution in [0.4, 0.5) is 0 Å². The van der Waals surface area contributed by atoms with Crippen LogP contribution in [-0.4, -0.2) is 33.1 Å². The smallest absolute Gasteiger partial charge is 0.355 e. The van der Waals surface area contributed by atoms with Crippen LogP contribution >= 0.6 is 11.8 Å². The van der Waals surface area contributed by atoms with Gasteiger partial charge in [-0.2, -0.15) is 0 Å². The Kier molecular flexibility index (Phi) is 4.23. The van der Waals surface area contributed by atoms with Crippen LogP contribution in [0, 0.1) is 0 Å². The number of carboxylic acid groups (broad SMARTS) is 1. The molecule has 80 valence electrons. The van der Waals surface area contributed by atoms with Crippen molar-refractivity contribution in [3.63, 3.8) is 0 Å². The van der Waals surface area contributed by atoms with Gasteiger partial charge in [0.1, 0.15) is 0 Å². The maximum atomic E-state index is 10.7. The lowest BCUT2D eigenvalue weighted by Crippen LogP contribution is -2.07. The Morgan fingerprint density at radius 3 is 2.93 bits per heavy atom. The second-order valence-corrected chi connectivity index (χ2v) is 3.79. The number of aromatic nitrogens is 2. The summed E-state index contributed by atoms with van der Waals surface area (Å²) in [5.41, 5.74) is -0.234. The summed E-state index contributed by atoms with van der Waals surface area (Å²) in [7, 11) is 0. The largest absolute Gasteiger partial charge is 0.476 e. The van der Waals surface area contributed by atoms with Crippen molar-refractivity contribution in [1.82, 2.24) is 9.97 Å². The summed E-state index contributed by atoms with van der Waals surface area (Å²) in [6.07, 6.45) is 2.63. The number of nitrogens with zero attached hydrogens (tertiary/aromatic N) is 2. The molecule has 0 aliphatic carbocycles. The van der Waals surface area contributed by atoms with E-state index in [2.05, 4.69) is 9.97 Å². The highest BCUT2D eigenvalue weighted by Gasteiger charge is 2.13. The van der Waals surface area contributed by atoms with Crippen molar-refractivity contribution in [1.29, 1.82) is 0 Å². The van der Waals surface area contributed by atoms with Crippen molar-refractivity contribution in [2.75, 3.05) is 5.75 Å². The van der Waals surface area contributed by atoms with Crippen LogP contribution in [0.2, 0.25) is 0 Å². The first-order chi connectivity index (χ1) is 7.19. The summed E-state index contributed by atoms with van der Waals surface area (Å²) in [5, 5.41) is 9.18. The lowest BCUT2D eigenvalue weighted by atomic mass is 10.2. The number of carbonyl (C=O) groups excluding carboxylic acids is 1. The quantitative estimate of drug-likeness (QED) is 0.465. The van der Waals surface area contributed by atoms with Crippen LogP contribution in [0.15, 0.2) is 11.4 Å². The molecule has 0 fully saturated rings. The Balaban J connectivity index is 2.99. The molecule has 0 saturated carbocycles. The predicted molar refractivity (Wildman–Crippen MR) is 55.4 cm³/mol. The predicted octanol–water partition coefficient (Wildman–Crippen LogP) is 1.49. The first-order valence-electron chi connectivity index (χ1n) is 4.37. The Morgan fingerprint density at radius 1 is 1.67 bits per heavy atom. The fourth-order valence-electron chi connectivity index (χ4n) is 0.895. The normalized spacial score (nSPS) is 9.93. The second-order valence-electron chi connectivity index (χ2n) is 2.73. The monoisotopic (exact) mass is 226 g/mol. The van der Waals surface area contributed by atoms with Crippen LogP contribution in [0.3, 0.4) is 0 Å². The van der Waals surface area contributed by atoms with Gasteiger partial charge in [-0.3, -0.25) is 4.79 Å². The molecule has 0 unspecified atom stereocenters. The maximum absolute atomic E-state index is 10.7. The zero-order valence-corrected chi connectivity index (χ0v) is 8.95. The Morgan fingerprint density at radius 2 is 2.40 bits per heavy atom. The first kappa shape index (κ1) is 11.6. The summed E-state index contributed by atoms with van der Waals surface area (Å²) in [4.78, 5) is 28.9. The van der Waals surface area contributed by atoms with E-state index in [1.807, 2.05) is 6.92 Å². The van der Waals surface area contributed by atoms with Crippen molar-refractivity contribution in [2.45, 2.75) is 18.5 Å². The van der Waals surface area contributed by atoms with Crippen LogP contribution in [0.1, 0.15) is 34.2 Å². The highest BCUT2D eigenvalue weighted by molar-refractivity contribution is 7.99. The fraction of sp³-hybridized carbons (Fsp3) is 0.333. The summed E-state index contributed by atoms with van der Waals surface area (Å²) in [5.74, 6) is -0.391. The molecule has 1 heterocycles. The molecule has 0 spiro atoms. The minimum atomic E-state index is -1.21. The number of rotatable bonds is 5. The van der Waals surface area contributed by atoms with Crippen molar-refractivity contribution < 1.29 is 14.7 Å². The molecule has 1 N–H and O–H groups in total. The molecule has 0 bridgehead atoms. The van der Waals surface area contributed by atoms with Gasteiger partial charge in [-0.05, 0) is 6.42 Å². The molecule has 15 heavy (non-hydrogen) atoms. The number of aromatic carboxylic acids is 1. The number of carboxylic acids is 1. The Bertz CT molecular complexity index is 382. The summed E-state index contributed by atoms with van der Waals surface area (Å²) < 4.78 is 0. The Hall–Kier alpha value is -1.43. The van der Waals surface area contributed by atoms with Gasteiger partial charge in [0.25, 0.3) is 0 Å². The van der Waals surface area contributed by atoms with E-state index in [-0.39, 0.29) is 11.3 Å². The first-order valence-corrected chi connectivity index (χ1v) is 5.36. The topological polar surface area (TPSA) is 80.2 Å². The van der Waals surface area contributed by atoms with Gasteiger partial charge in [0.15, 0.2) is 17.1 Å². The van der Waals surface area contributed by atoms with Crippen LogP contribution in [-0.2, 0) is 0 Å². The standard InChI is InChI=1S/C9H10N2O3S/c1-2-3-15-9-10-4-6(5-12)7(11-9)8(13)14/h4-5H,2-3H2,1H3,(H,13,14). The van der Waals surface area contributed by atoms with Gasteiger partial charge in [-0.25, -0.2) is 14.8 Å². The van der Waals surface area contributed by atoms with Gasteiger partial charge in [0.05, 0.1) is 5.56 Å². The average molecular weight is 226 g/mol. The van der Waals surface area contributed by atoms with Gasteiger partial charge in [0.2, 0.25) is 0 Å². The minimum absolute atomic E-state index is 0.00310. The fourth-order valence-corrected chi connectivity index (χ4v) is 1.57. The molecular weight excluding hydrogens is 216 g/mol. The average Bonchev–Trinajstić information content (AvgIpc) is 2.25. The molecule has 0 aliphatic rings. The van der Waals surface area contributed by atoms with Gasteiger partial charge in [0, 0.05) is 11.9 Å². The molecule has 5 nitrogen and oxygen atoms in total. The van der Waals surface area contributed by atoms with Crippen molar-refractivity contribution in [2.24, 2.45) is 0 Å². The van der Waals surface area contributed by atoms with E-state index in [4.69, 9.17) is 5.11 Å². The third-order valence-electron chi connectivity index (χ3n) is 1.56. The molecular formula is C9H10N2O3S. The number of carbonyl (C=O) groups is 2. The molecule has 0 atom stereocenters. The minimum Gasteiger partial charge on any atom is -0.476 e. The van der Waals surface area contributed by atoms with Crippen molar-refractivity contribution >= 4 is 24.0 Å². The van der Waals surface area contributed by atoms with Crippen molar-refractivity contribution in [3.05, 3.63) is 17.5 Å². The van der Waals surface area contributed by atoms with E-state index in [0.717, 1.165) is 12.2 Å². The molecule has 1 aromatic rings. The van der Waals surface area contributed by atoms with E-state index in [1.54, 1.807) is 0 Å². The zero-order valence-electron chi connectivity index (χ0n) is 8.14. The summed E-state index contributed by atoms with van der Waals surface area (Å²) in [6, 6.07) is 0. The highest BCUT2D eigenvalue weighted by atomic mass is 32.2. The second kappa shape index (κ2) is 5.45. The third-order valence-corrected chi connectivity index (χ3v) is 2.63. The SMILES string of the molecule is CCCSc1ncc(C=O)c(C(=O)O)n1. The summed E-state index contributed by atoms with van der Waals surface area (Å²) in [6.45, 7) is 2.00. The van der Waals surface area contributed by atoms with Gasteiger partial charge < -0.3 is 5.11 Å². The van der Waals surface area contributed by atoms with E-state index in [0.29, 0.717) is 11.4 Å².